The van der Waals surface area contributed by atoms with Crippen LogP contribution >= 0.6 is 0 Å². The van der Waals surface area contributed by atoms with Gasteiger partial charge in [0.25, 0.3) is 6.01 Å². The third-order valence-electron chi connectivity index (χ3n) is 5.43. The molecule has 2 unspecified atom stereocenters. The van der Waals surface area contributed by atoms with Gasteiger partial charge in [0.1, 0.15) is 5.52 Å². The molecule has 0 saturated carbocycles. The number of nitrogens with zero attached hydrogens (tertiary/aromatic N) is 4. The molecule has 8 nitrogen and oxygen atoms in total. The van der Waals surface area contributed by atoms with Crippen molar-refractivity contribution in [3.8, 4) is 0 Å². The lowest BCUT2D eigenvalue weighted by molar-refractivity contribution is 0.0698. The number of oxazole rings is 1. The van der Waals surface area contributed by atoms with Gasteiger partial charge in [0.15, 0.2) is 5.58 Å². The number of carboxylic acid groups (broad SMARTS) is 1. The Labute approximate surface area is 157 Å². The van der Waals surface area contributed by atoms with E-state index < -0.39 is 5.97 Å². The number of benzene rings is 1. The van der Waals surface area contributed by atoms with Gasteiger partial charge in [0, 0.05) is 38.3 Å². The summed E-state index contributed by atoms with van der Waals surface area (Å²) >= 11 is 0. The minimum Gasteiger partial charge on any atom is -0.478 e. The van der Waals surface area contributed by atoms with E-state index in [4.69, 9.17) is 4.42 Å². The average Bonchev–Trinajstić information content (AvgIpc) is 3.29. The number of fused-ring (bicyclic) bond motifs is 1. The zero-order chi connectivity index (χ0) is 19.1. The number of urea groups is 1. The molecule has 1 aromatic heterocycles. The number of para-hydroxylation sites is 1. The highest BCUT2D eigenvalue weighted by atomic mass is 16.4. The van der Waals surface area contributed by atoms with Crippen molar-refractivity contribution in [2.24, 2.45) is 0 Å². The van der Waals surface area contributed by atoms with Crippen LogP contribution in [-0.2, 0) is 0 Å². The smallest absolute Gasteiger partial charge is 0.338 e. The highest BCUT2D eigenvalue weighted by Gasteiger charge is 2.36. The van der Waals surface area contributed by atoms with Crippen LogP contribution in [0.5, 0.6) is 0 Å². The molecule has 27 heavy (non-hydrogen) atoms. The van der Waals surface area contributed by atoms with Crippen LogP contribution in [0, 0.1) is 0 Å². The predicted molar refractivity (Wildman–Crippen MR) is 100 cm³/mol. The van der Waals surface area contributed by atoms with Crippen LogP contribution in [-0.4, -0.2) is 70.2 Å². The second-order valence-electron chi connectivity index (χ2n) is 7.44. The topological polar surface area (TPSA) is 90.1 Å². The van der Waals surface area contributed by atoms with E-state index in [9.17, 15) is 14.7 Å². The molecule has 2 fully saturated rings. The molecule has 1 aromatic carbocycles. The van der Waals surface area contributed by atoms with Gasteiger partial charge in [0.2, 0.25) is 0 Å². The molecule has 0 radical (unpaired) electrons. The lowest BCUT2D eigenvalue weighted by atomic mass is 10.1. The first-order valence-electron chi connectivity index (χ1n) is 9.40. The molecule has 4 rings (SSSR count). The average molecular weight is 372 g/mol. The summed E-state index contributed by atoms with van der Waals surface area (Å²) in [7, 11) is 0. The van der Waals surface area contributed by atoms with Gasteiger partial charge in [-0.2, -0.15) is 4.98 Å². The zero-order valence-corrected chi connectivity index (χ0v) is 15.6. The summed E-state index contributed by atoms with van der Waals surface area (Å²) in [4.78, 5) is 34.5. The Bertz CT molecular complexity index is 862. The van der Waals surface area contributed by atoms with Crippen LogP contribution in [0.3, 0.4) is 0 Å². The van der Waals surface area contributed by atoms with Crippen molar-refractivity contribution in [3.63, 3.8) is 0 Å². The molecule has 2 aliphatic rings. The van der Waals surface area contributed by atoms with Crippen molar-refractivity contribution < 1.29 is 19.1 Å². The highest BCUT2D eigenvalue weighted by Crippen LogP contribution is 2.30. The summed E-state index contributed by atoms with van der Waals surface area (Å²) in [6.07, 6.45) is 2.15. The summed E-state index contributed by atoms with van der Waals surface area (Å²) in [6.45, 7) is 6.92. The SMILES string of the molecule is CC1CN(C(=O)N2CCCC2)CC(C)N1c1nc2c(C(=O)O)cccc2o1. The number of carbonyl (C=O) groups is 2. The standard InChI is InChI=1S/C19H24N4O4/c1-12-10-22(19(26)21-8-3-4-9-21)11-13(2)23(12)18-20-16-14(17(24)25)6-5-7-15(16)27-18/h5-7,12-13H,3-4,8-11H2,1-2H3,(H,24,25). The van der Waals surface area contributed by atoms with Gasteiger partial charge in [-0.05, 0) is 38.8 Å². The van der Waals surface area contributed by atoms with Gasteiger partial charge in [0.05, 0.1) is 5.56 Å². The van der Waals surface area contributed by atoms with Gasteiger partial charge < -0.3 is 24.2 Å². The Kier molecular flexibility index (Phi) is 4.41. The second kappa shape index (κ2) is 6.75. The van der Waals surface area contributed by atoms with Crippen molar-refractivity contribution in [3.05, 3.63) is 23.8 Å². The fourth-order valence-electron chi connectivity index (χ4n) is 4.18. The number of piperazine rings is 1. The van der Waals surface area contributed by atoms with Crippen LogP contribution in [0.1, 0.15) is 37.0 Å². The quantitative estimate of drug-likeness (QED) is 0.872. The fourth-order valence-corrected chi connectivity index (χ4v) is 4.18. The summed E-state index contributed by atoms with van der Waals surface area (Å²) < 4.78 is 5.87. The maximum absolute atomic E-state index is 12.7. The Morgan fingerprint density at radius 3 is 2.41 bits per heavy atom. The molecule has 0 aliphatic carbocycles. The van der Waals surface area contributed by atoms with Crippen LogP contribution in [0.4, 0.5) is 10.8 Å². The number of likely N-dealkylation sites (tertiary alicyclic amines) is 1. The summed E-state index contributed by atoms with van der Waals surface area (Å²) in [5.41, 5.74) is 0.945. The maximum Gasteiger partial charge on any atom is 0.338 e. The molecular weight excluding hydrogens is 348 g/mol. The molecule has 2 aliphatic heterocycles. The number of hydrogen-bond donors (Lipinski definition) is 1. The first-order chi connectivity index (χ1) is 13.0. The molecule has 144 valence electrons. The van der Waals surface area contributed by atoms with Crippen LogP contribution in [0.15, 0.2) is 22.6 Å². The highest BCUT2D eigenvalue weighted by molar-refractivity contribution is 6.00. The first kappa shape index (κ1) is 17.6. The van der Waals surface area contributed by atoms with Crippen molar-refractivity contribution in [1.82, 2.24) is 14.8 Å². The number of carboxylic acids is 1. The third kappa shape index (κ3) is 3.09. The van der Waals surface area contributed by atoms with Crippen LogP contribution < -0.4 is 4.90 Å². The van der Waals surface area contributed by atoms with Crippen molar-refractivity contribution >= 4 is 29.1 Å². The molecular formula is C19H24N4O4. The molecule has 2 amide bonds. The predicted octanol–water partition coefficient (Wildman–Crippen LogP) is 2.64. The van der Waals surface area contributed by atoms with Crippen LogP contribution in [0.25, 0.3) is 11.1 Å². The van der Waals surface area contributed by atoms with E-state index in [1.165, 1.54) is 6.07 Å². The van der Waals surface area contributed by atoms with Crippen molar-refractivity contribution in [2.45, 2.75) is 38.8 Å². The maximum atomic E-state index is 12.7. The fraction of sp³-hybridized carbons (Fsp3) is 0.526. The number of aromatic carboxylic acids is 1. The number of anilines is 1. The Morgan fingerprint density at radius 2 is 1.78 bits per heavy atom. The zero-order valence-electron chi connectivity index (χ0n) is 15.6. The molecule has 2 saturated heterocycles. The van der Waals surface area contributed by atoms with Crippen molar-refractivity contribution in [1.29, 1.82) is 0 Å². The van der Waals surface area contributed by atoms with Gasteiger partial charge in [-0.1, -0.05) is 6.07 Å². The van der Waals surface area contributed by atoms with Gasteiger partial charge in [-0.3, -0.25) is 0 Å². The second-order valence-corrected chi connectivity index (χ2v) is 7.44. The number of carbonyl (C=O) groups excluding carboxylic acids is 1. The monoisotopic (exact) mass is 372 g/mol. The number of hydrogen-bond acceptors (Lipinski definition) is 5. The number of amides is 2. The molecule has 2 aromatic rings. The largest absolute Gasteiger partial charge is 0.478 e. The van der Waals surface area contributed by atoms with E-state index in [-0.39, 0.29) is 23.7 Å². The molecule has 2 atom stereocenters. The molecule has 8 heteroatoms. The Balaban J connectivity index is 1.58. The summed E-state index contributed by atoms with van der Waals surface area (Å²) in [5, 5.41) is 9.36. The molecule has 0 spiro atoms. The van der Waals surface area contributed by atoms with E-state index in [1.54, 1.807) is 12.1 Å². The van der Waals surface area contributed by atoms with Crippen molar-refractivity contribution in [2.75, 3.05) is 31.1 Å². The van der Waals surface area contributed by atoms with E-state index >= 15 is 0 Å². The third-order valence-corrected chi connectivity index (χ3v) is 5.43. The lowest BCUT2D eigenvalue weighted by Crippen LogP contribution is -2.60. The van der Waals surface area contributed by atoms with Gasteiger partial charge in [-0.15, -0.1) is 0 Å². The first-order valence-corrected chi connectivity index (χ1v) is 9.40. The summed E-state index contributed by atoms with van der Waals surface area (Å²) in [5.74, 6) is -1.03. The van der Waals surface area contributed by atoms with E-state index in [0.29, 0.717) is 30.2 Å². The lowest BCUT2D eigenvalue weighted by Gasteiger charge is -2.44. The van der Waals surface area contributed by atoms with E-state index in [1.807, 2.05) is 28.5 Å². The molecule has 1 N–H and O–H groups in total. The minimum absolute atomic E-state index is 0.0154. The van der Waals surface area contributed by atoms with Crippen LogP contribution in [0.2, 0.25) is 0 Å². The minimum atomic E-state index is -1.03. The molecule has 3 heterocycles. The number of aromatic nitrogens is 1. The number of rotatable bonds is 2. The van der Waals surface area contributed by atoms with Gasteiger partial charge in [-0.25, -0.2) is 9.59 Å². The van der Waals surface area contributed by atoms with E-state index in [2.05, 4.69) is 4.98 Å². The summed E-state index contributed by atoms with van der Waals surface area (Å²) in [6, 6.07) is 5.45. The Hall–Kier alpha value is -2.77. The van der Waals surface area contributed by atoms with Gasteiger partial charge >= 0.3 is 12.0 Å². The Morgan fingerprint density at radius 1 is 1.11 bits per heavy atom. The van der Waals surface area contributed by atoms with E-state index in [0.717, 1.165) is 25.9 Å². The molecule has 0 bridgehead atoms. The normalized spacial score (nSPS) is 23.3.